The molecule has 0 saturated carbocycles. The van der Waals surface area contributed by atoms with Gasteiger partial charge in [0.25, 0.3) is 0 Å². The Balaban J connectivity index is 4.50. The van der Waals surface area contributed by atoms with E-state index in [9.17, 15) is 9.59 Å². The molecule has 0 aromatic carbocycles. The van der Waals surface area contributed by atoms with Crippen LogP contribution in [0.3, 0.4) is 0 Å². The number of primary amides is 1. The van der Waals surface area contributed by atoms with Crippen molar-refractivity contribution in [3.8, 4) is 0 Å². The smallest absolute Gasteiger partial charge is 0.318 e. The zero-order valence-corrected chi connectivity index (χ0v) is 9.70. The molecule has 6 nitrogen and oxygen atoms in total. The van der Waals surface area contributed by atoms with Crippen molar-refractivity contribution in [2.75, 3.05) is 13.6 Å². The van der Waals surface area contributed by atoms with Gasteiger partial charge in [-0.25, -0.2) is 4.79 Å². The third-order valence-electron chi connectivity index (χ3n) is 2.66. The number of nitrogens with one attached hydrogen (secondary N) is 1. The van der Waals surface area contributed by atoms with Gasteiger partial charge >= 0.3 is 6.03 Å². The lowest BCUT2D eigenvalue weighted by Gasteiger charge is -2.37. The van der Waals surface area contributed by atoms with E-state index in [2.05, 4.69) is 0 Å². The summed E-state index contributed by atoms with van der Waals surface area (Å²) in [6, 6.07) is -1.30. The Bertz CT molecular complexity index is 252. The predicted octanol–water partition coefficient (Wildman–Crippen LogP) is -0.761. The van der Waals surface area contributed by atoms with Crippen molar-refractivity contribution in [1.29, 1.82) is 0 Å². The minimum absolute atomic E-state index is 0.311. The number of hydrogen-bond acceptors (Lipinski definition) is 4. The van der Waals surface area contributed by atoms with Gasteiger partial charge in [-0.1, -0.05) is 0 Å². The molecule has 3 amide bonds. The molecule has 6 heteroatoms. The number of urea groups is 1. The first-order valence-electron chi connectivity index (χ1n) is 4.75. The lowest BCUT2D eigenvalue weighted by Crippen LogP contribution is -2.56. The van der Waals surface area contributed by atoms with Crippen molar-refractivity contribution in [2.45, 2.75) is 32.4 Å². The quantitative estimate of drug-likeness (QED) is 0.575. The first-order chi connectivity index (χ1) is 6.72. The molecular formula is C9H20N4O2. The molecule has 0 saturated heterocycles. The van der Waals surface area contributed by atoms with E-state index >= 15 is 0 Å². The molecule has 0 rings (SSSR count). The van der Waals surface area contributed by atoms with Crippen LogP contribution in [-0.4, -0.2) is 42.0 Å². The summed E-state index contributed by atoms with van der Waals surface area (Å²) in [7, 11) is 1.78. The number of rotatable bonds is 4. The molecule has 0 heterocycles. The molecule has 0 aromatic heterocycles. The fourth-order valence-corrected chi connectivity index (χ4v) is 1.07. The Morgan fingerprint density at radius 3 is 2.27 bits per heavy atom. The van der Waals surface area contributed by atoms with Crippen molar-refractivity contribution in [1.82, 2.24) is 10.2 Å². The molecule has 15 heavy (non-hydrogen) atoms. The van der Waals surface area contributed by atoms with Crippen molar-refractivity contribution in [3.05, 3.63) is 0 Å². The highest BCUT2D eigenvalue weighted by molar-refractivity contribution is 5.96. The van der Waals surface area contributed by atoms with Gasteiger partial charge in [0.05, 0.1) is 6.04 Å². The first kappa shape index (κ1) is 13.9. The maximum atomic E-state index is 11.5. The summed E-state index contributed by atoms with van der Waals surface area (Å²) < 4.78 is 0. The molecule has 1 atom stereocenters. The topological polar surface area (TPSA) is 101 Å². The molecule has 0 fully saturated rings. The second-order valence-electron chi connectivity index (χ2n) is 4.16. The summed E-state index contributed by atoms with van der Waals surface area (Å²) in [6.07, 6.45) is 0. The largest absolute Gasteiger partial charge is 0.351 e. The van der Waals surface area contributed by atoms with E-state index in [4.69, 9.17) is 11.5 Å². The highest BCUT2D eigenvalue weighted by atomic mass is 16.2. The van der Waals surface area contributed by atoms with Crippen molar-refractivity contribution in [3.63, 3.8) is 0 Å². The Kier molecular flexibility index (Phi) is 4.70. The molecule has 1 unspecified atom stereocenters. The molecule has 0 spiro atoms. The van der Waals surface area contributed by atoms with Crippen LogP contribution in [-0.2, 0) is 4.79 Å². The number of imide groups is 1. The van der Waals surface area contributed by atoms with Crippen LogP contribution in [0.2, 0.25) is 0 Å². The summed E-state index contributed by atoms with van der Waals surface area (Å²) in [5, 5.41) is 2.04. The minimum Gasteiger partial charge on any atom is -0.351 e. The lowest BCUT2D eigenvalue weighted by molar-refractivity contribution is -0.126. The Hall–Kier alpha value is -1.14. The molecule has 0 aliphatic carbocycles. The fourth-order valence-electron chi connectivity index (χ4n) is 1.07. The van der Waals surface area contributed by atoms with Crippen LogP contribution in [0.4, 0.5) is 4.79 Å². The molecule has 0 radical (unpaired) electrons. The maximum Gasteiger partial charge on any atom is 0.318 e. The average Bonchev–Trinajstić information content (AvgIpc) is 2.14. The number of likely N-dealkylation sites (N-methyl/N-ethyl adjacent to an activating group) is 1. The number of carbonyl (C=O) groups excluding carboxylic acids is 2. The van der Waals surface area contributed by atoms with E-state index in [0.717, 1.165) is 0 Å². The van der Waals surface area contributed by atoms with Crippen LogP contribution in [0.25, 0.3) is 0 Å². The molecule has 88 valence electrons. The fraction of sp³-hybridized carbons (Fsp3) is 0.778. The highest BCUT2D eigenvalue weighted by Crippen LogP contribution is 2.13. The second-order valence-corrected chi connectivity index (χ2v) is 4.16. The van der Waals surface area contributed by atoms with Crippen molar-refractivity contribution in [2.24, 2.45) is 11.5 Å². The normalized spacial score (nSPS) is 13.7. The van der Waals surface area contributed by atoms with Crippen LogP contribution in [0, 0.1) is 0 Å². The maximum absolute atomic E-state index is 11.5. The van der Waals surface area contributed by atoms with Gasteiger partial charge in [0.1, 0.15) is 0 Å². The van der Waals surface area contributed by atoms with E-state index in [0.29, 0.717) is 6.54 Å². The summed E-state index contributed by atoms with van der Waals surface area (Å²) in [6.45, 7) is 5.94. The van der Waals surface area contributed by atoms with Crippen LogP contribution in [0.1, 0.15) is 20.8 Å². The van der Waals surface area contributed by atoms with E-state index in [-0.39, 0.29) is 5.54 Å². The average molecular weight is 216 g/mol. The Morgan fingerprint density at radius 1 is 1.47 bits per heavy atom. The SMILES string of the molecule is CC(C(=O)NC(N)=O)N(C)C(C)(C)CN. The zero-order valence-electron chi connectivity index (χ0n) is 9.70. The second kappa shape index (κ2) is 5.09. The van der Waals surface area contributed by atoms with Gasteiger partial charge in [0.2, 0.25) is 5.91 Å². The van der Waals surface area contributed by atoms with Gasteiger partial charge in [0, 0.05) is 12.1 Å². The van der Waals surface area contributed by atoms with Crippen molar-refractivity contribution < 1.29 is 9.59 Å². The number of nitrogens with zero attached hydrogens (tertiary/aromatic N) is 1. The summed E-state index contributed by atoms with van der Waals surface area (Å²) >= 11 is 0. The molecule has 0 aliphatic heterocycles. The number of amides is 3. The lowest BCUT2D eigenvalue weighted by atomic mass is 10.0. The Labute approximate surface area is 90.0 Å². The van der Waals surface area contributed by atoms with Gasteiger partial charge < -0.3 is 11.5 Å². The number of carbonyl (C=O) groups is 2. The van der Waals surface area contributed by atoms with Gasteiger partial charge in [-0.15, -0.1) is 0 Å². The minimum atomic E-state index is -0.842. The predicted molar refractivity (Wildman–Crippen MR) is 58.1 cm³/mol. The van der Waals surface area contributed by atoms with Gasteiger partial charge in [-0.3, -0.25) is 15.0 Å². The molecule has 0 aliphatic rings. The van der Waals surface area contributed by atoms with Crippen LogP contribution >= 0.6 is 0 Å². The third kappa shape index (κ3) is 3.85. The van der Waals surface area contributed by atoms with E-state index in [1.54, 1.807) is 18.9 Å². The highest BCUT2D eigenvalue weighted by Gasteiger charge is 2.29. The van der Waals surface area contributed by atoms with E-state index in [1.807, 2.05) is 19.2 Å². The summed E-state index contributed by atoms with van der Waals surface area (Å²) in [4.78, 5) is 23.8. The van der Waals surface area contributed by atoms with Gasteiger partial charge in [0.15, 0.2) is 0 Å². The van der Waals surface area contributed by atoms with Crippen LogP contribution < -0.4 is 16.8 Å². The van der Waals surface area contributed by atoms with Crippen LogP contribution in [0.15, 0.2) is 0 Å². The third-order valence-corrected chi connectivity index (χ3v) is 2.66. The van der Waals surface area contributed by atoms with Crippen LogP contribution in [0.5, 0.6) is 0 Å². The standard InChI is InChI=1S/C9H20N4O2/c1-6(7(14)12-8(11)15)13(4)9(2,3)5-10/h6H,5,10H2,1-4H3,(H3,11,12,14,15). The molecule has 5 N–H and O–H groups in total. The molecular weight excluding hydrogens is 196 g/mol. The number of hydrogen-bond donors (Lipinski definition) is 3. The first-order valence-corrected chi connectivity index (χ1v) is 4.75. The molecule has 0 aromatic rings. The zero-order chi connectivity index (χ0) is 12.2. The number of nitrogens with two attached hydrogens (primary N) is 2. The van der Waals surface area contributed by atoms with Gasteiger partial charge in [-0.2, -0.15) is 0 Å². The summed E-state index contributed by atoms with van der Waals surface area (Å²) in [5.74, 6) is -0.425. The van der Waals surface area contributed by atoms with E-state index < -0.39 is 18.0 Å². The van der Waals surface area contributed by atoms with E-state index in [1.165, 1.54) is 0 Å². The van der Waals surface area contributed by atoms with Crippen molar-refractivity contribution >= 4 is 11.9 Å². The monoisotopic (exact) mass is 216 g/mol. The molecule has 0 bridgehead atoms. The van der Waals surface area contributed by atoms with Gasteiger partial charge in [-0.05, 0) is 27.8 Å². The summed E-state index contributed by atoms with van der Waals surface area (Å²) in [5.41, 5.74) is 10.1. The Morgan fingerprint density at radius 2 is 1.93 bits per heavy atom.